The highest BCUT2D eigenvalue weighted by molar-refractivity contribution is 7.89. The first-order valence-electron chi connectivity index (χ1n) is 7.10. The van der Waals surface area contributed by atoms with Crippen LogP contribution in [0.5, 0.6) is 0 Å². The maximum absolute atomic E-state index is 12.3. The number of sulfonamides is 1. The molecule has 0 saturated heterocycles. The maximum atomic E-state index is 12.3. The Hall–Kier alpha value is -2.09. The summed E-state index contributed by atoms with van der Waals surface area (Å²) in [6.07, 6.45) is 0. The van der Waals surface area contributed by atoms with Gasteiger partial charge >= 0.3 is 6.03 Å². The van der Waals surface area contributed by atoms with Crippen LogP contribution in [-0.4, -0.2) is 26.4 Å². The van der Waals surface area contributed by atoms with Crippen molar-refractivity contribution in [3.05, 3.63) is 59.1 Å². The summed E-state index contributed by atoms with van der Waals surface area (Å²) in [7, 11) is -2.08. The molecule has 0 fully saturated rings. The topological polar surface area (TPSA) is 92.5 Å². The minimum absolute atomic E-state index is 0.0319. The quantitative estimate of drug-likeness (QED) is 0.868. The molecule has 1 atom stereocenters. The third kappa shape index (κ3) is 4.47. The first-order valence-corrected chi connectivity index (χ1v) is 9.03. The lowest BCUT2D eigenvalue weighted by Gasteiger charge is -2.25. The minimum atomic E-state index is -3.73. The van der Waals surface area contributed by atoms with Crippen LogP contribution < -0.4 is 10.5 Å². The highest BCUT2D eigenvalue weighted by atomic mass is 35.5. The van der Waals surface area contributed by atoms with Crippen LogP contribution in [0.4, 0.5) is 10.5 Å². The van der Waals surface area contributed by atoms with Crippen molar-refractivity contribution in [1.82, 2.24) is 4.90 Å². The van der Waals surface area contributed by atoms with Crippen molar-refractivity contribution in [3.63, 3.8) is 0 Å². The molecule has 0 saturated carbocycles. The zero-order valence-corrected chi connectivity index (χ0v) is 14.8. The fourth-order valence-electron chi connectivity index (χ4n) is 2.11. The van der Waals surface area contributed by atoms with Crippen molar-refractivity contribution >= 4 is 33.3 Å². The van der Waals surface area contributed by atoms with Gasteiger partial charge in [-0.15, -0.1) is 0 Å². The van der Waals surface area contributed by atoms with Gasteiger partial charge in [0.15, 0.2) is 0 Å². The van der Waals surface area contributed by atoms with Gasteiger partial charge in [0.2, 0.25) is 10.0 Å². The molecule has 2 aromatic rings. The van der Waals surface area contributed by atoms with E-state index in [4.69, 9.17) is 16.7 Å². The number of hydrogen-bond donors (Lipinski definition) is 2. The first-order chi connectivity index (χ1) is 11.2. The van der Waals surface area contributed by atoms with Crippen LogP contribution in [0.1, 0.15) is 18.5 Å². The number of nitrogens with two attached hydrogens (primary N) is 1. The molecular formula is C16H18ClN3O3S. The monoisotopic (exact) mass is 367 g/mol. The molecule has 2 rings (SSSR count). The van der Waals surface area contributed by atoms with E-state index < -0.39 is 10.0 Å². The van der Waals surface area contributed by atoms with E-state index in [1.807, 2.05) is 6.92 Å². The van der Waals surface area contributed by atoms with Crippen LogP contribution >= 0.6 is 11.6 Å². The standard InChI is InChI=1S/C16H18ClN3O3S/c1-11(12-6-8-15(9-7-12)24(18,22)23)20(2)16(21)19-14-5-3-4-13(17)10-14/h3-11H,1-2H3,(H,19,21)(H2,18,22,23)/t11-/m1/s1. The number of rotatable bonds is 4. The molecule has 128 valence electrons. The summed E-state index contributed by atoms with van der Waals surface area (Å²) >= 11 is 5.89. The van der Waals surface area contributed by atoms with E-state index >= 15 is 0 Å². The molecule has 6 nitrogen and oxygen atoms in total. The van der Waals surface area contributed by atoms with E-state index in [1.54, 1.807) is 43.4 Å². The Balaban J connectivity index is 2.10. The number of hydrogen-bond acceptors (Lipinski definition) is 3. The van der Waals surface area contributed by atoms with Gasteiger partial charge in [0.1, 0.15) is 0 Å². The Morgan fingerprint density at radius 1 is 1.21 bits per heavy atom. The fraction of sp³-hybridized carbons (Fsp3) is 0.188. The van der Waals surface area contributed by atoms with Crippen LogP contribution in [-0.2, 0) is 10.0 Å². The number of anilines is 1. The molecule has 0 aromatic heterocycles. The average Bonchev–Trinajstić information content (AvgIpc) is 2.52. The van der Waals surface area contributed by atoms with Crippen LogP contribution in [0.25, 0.3) is 0 Å². The molecular weight excluding hydrogens is 350 g/mol. The molecule has 3 N–H and O–H groups in total. The molecule has 0 heterocycles. The second-order valence-corrected chi connectivity index (χ2v) is 7.34. The Kier molecular flexibility index (Phi) is 5.48. The van der Waals surface area contributed by atoms with Gasteiger partial charge in [-0.3, -0.25) is 0 Å². The third-order valence-corrected chi connectivity index (χ3v) is 4.83. The van der Waals surface area contributed by atoms with Crippen LogP contribution in [0.2, 0.25) is 5.02 Å². The Morgan fingerprint density at radius 3 is 2.38 bits per heavy atom. The summed E-state index contributed by atoms with van der Waals surface area (Å²) in [6, 6.07) is 12.4. The van der Waals surface area contributed by atoms with Crippen molar-refractivity contribution in [3.8, 4) is 0 Å². The second kappa shape index (κ2) is 7.21. The highest BCUT2D eigenvalue weighted by Crippen LogP contribution is 2.22. The molecule has 0 unspecified atom stereocenters. The third-order valence-electron chi connectivity index (χ3n) is 3.67. The van der Waals surface area contributed by atoms with Gasteiger partial charge in [-0.2, -0.15) is 0 Å². The maximum Gasteiger partial charge on any atom is 0.322 e. The van der Waals surface area contributed by atoms with Crippen molar-refractivity contribution in [2.75, 3.05) is 12.4 Å². The summed E-state index contributed by atoms with van der Waals surface area (Å²) in [5.74, 6) is 0. The van der Waals surface area contributed by atoms with Crippen molar-refractivity contribution in [2.24, 2.45) is 5.14 Å². The minimum Gasteiger partial charge on any atom is -0.321 e. The molecule has 8 heteroatoms. The van der Waals surface area contributed by atoms with E-state index in [9.17, 15) is 13.2 Å². The van der Waals surface area contributed by atoms with Gasteiger partial charge in [0.05, 0.1) is 10.9 Å². The van der Waals surface area contributed by atoms with Gasteiger partial charge < -0.3 is 10.2 Å². The van der Waals surface area contributed by atoms with Crippen molar-refractivity contribution in [2.45, 2.75) is 17.9 Å². The predicted octanol–water partition coefficient (Wildman–Crippen LogP) is 3.21. The first kappa shape index (κ1) is 18.3. The molecule has 0 spiro atoms. The predicted molar refractivity (Wildman–Crippen MR) is 94.5 cm³/mol. The zero-order chi connectivity index (χ0) is 17.9. The molecule has 0 bridgehead atoms. The van der Waals surface area contributed by atoms with E-state index in [-0.39, 0.29) is 17.0 Å². The summed E-state index contributed by atoms with van der Waals surface area (Å²) in [4.78, 5) is 13.9. The normalized spacial score (nSPS) is 12.5. The van der Waals surface area contributed by atoms with Crippen LogP contribution in [0, 0.1) is 0 Å². The molecule has 0 radical (unpaired) electrons. The van der Waals surface area contributed by atoms with Gasteiger partial charge in [0, 0.05) is 17.8 Å². The van der Waals surface area contributed by atoms with E-state index in [0.29, 0.717) is 10.7 Å². The number of halogens is 1. The second-order valence-electron chi connectivity index (χ2n) is 5.34. The Morgan fingerprint density at radius 2 is 1.83 bits per heavy atom. The number of urea groups is 1. The molecule has 0 aliphatic rings. The number of nitrogens with one attached hydrogen (secondary N) is 1. The van der Waals surface area contributed by atoms with E-state index in [1.165, 1.54) is 17.0 Å². The number of carbonyl (C=O) groups is 1. The van der Waals surface area contributed by atoms with Crippen molar-refractivity contribution < 1.29 is 13.2 Å². The number of amides is 2. The lowest BCUT2D eigenvalue weighted by Crippen LogP contribution is -2.33. The number of nitrogens with zero attached hydrogens (tertiary/aromatic N) is 1. The van der Waals surface area contributed by atoms with Gasteiger partial charge in [-0.1, -0.05) is 29.8 Å². The van der Waals surface area contributed by atoms with Gasteiger partial charge in [-0.05, 0) is 42.8 Å². The van der Waals surface area contributed by atoms with Crippen LogP contribution in [0.3, 0.4) is 0 Å². The fourth-order valence-corrected chi connectivity index (χ4v) is 2.82. The highest BCUT2D eigenvalue weighted by Gasteiger charge is 2.18. The molecule has 0 aliphatic heterocycles. The Bertz CT molecular complexity index is 838. The Labute approximate surface area is 146 Å². The SMILES string of the molecule is C[C@H](c1ccc(S(N)(=O)=O)cc1)N(C)C(=O)Nc1cccc(Cl)c1. The summed E-state index contributed by atoms with van der Waals surface area (Å²) in [6.45, 7) is 1.84. The van der Waals surface area contributed by atoms with E-state index in [0.717, 1.165) is 5.56 Å². The molecule has 24 heavy (non-hydrogen) atoms. The zero-order valence-electron chi connectivity index (χ0n) is 13.2. The van der Waals surface area contributed by atoms with Gasteiger partial charge in [-0.25, -0.2) is 18.4 Å². The van der Waals surface area contributed by atoms with E-state index in [2.05, 4.69) is 5.32 Å². The lowest BCUT2D eigenvalue weighted by atomic mass is 10.1. The van der Waals surface area contributed by atoms with Crippen molar-refractivity contribution in [1.29, 1.82) is 0 Å². The largest absolute Gasteiger partial charge is 0.322 e. The summed E-state index contributed by atoms with van der Waals surface area (Å²) < 4.78 is 22.6. The lowest BCUT2D eigenvalue weighted by molar-refractivity contribution is 0.208. The smallest absolute Gasteiger partial charge is 0.321 e. The number of primary sulfonamides is 1. The molecule has 2 amide bonds. The number of benzene rings is 2. The van der Waals surface area contributed by atoms with Crippen LogP contribution in [0.15, 0.2) is 53.4 Å². The summed E-state index contributed by atoms with van der Waals surface area (Å²) in [5.41, 5.74) is 1.38. The van der Waals surface area contributed by atoms with Gasteiger partial charge in [0.25, 0.3) is 0 Å². The summed E-state index contributed by atoms with van der Waals surface area (Å²) in [5, 5.41) is 8.36. The number of carbonyl (C=O) groups excluding carboxylic acids is 1. The average molecular weight is 368 g/mol. The molecule has 2 aromatic carbocycles. The molecule has 0 aliphatic carbocycles.